The molecule has 0 bridgehead atoms. The standard InChI is InChI=1S/C6H6BrN3O3.C5H2BrFN2O3/c1-8-4-3-9(11)6(7)2-5(4)10(12)13;6-5-1-4(9(11)12)3(7)2-8(5)10/h2-3,8H,1H3;1-2H. The van der Waals surface area contributed by atoms with Crippen LogP contribution in [-0.2, 0) is 0 Å². The van der Waals surface area contributed by atoms with E-state index in [-0.39, 0.29) is 25.3 Å². The normalized spacial score (nSPS) is 9.76. The zero-order valence-corrected chi connectivity index (χ0v) is 15.4. The predicted octanol–water partition coefficient (Wildman–Crippen LogP) is 2.16. The first-order valence-corrected chi connectivity index (χ1v) is 7.64. The molecule has 11 nitrogen and oxygen atoms in total. The van der Waals surface area contributed by atoms with E-state index in [0.717, 1.165) is 18.3 Å². The van der Waals surface area contributed by atoms with Crippen LogP contribution in [0.2, 0.25) is 0 Å². The van der Waals surface area contributed by atoms with Gasteiger partial charge < -0.3 is 15.7 Å². The maximum Gasteiger partial charge on any atom is 0.318 e. The van der Waals surface area contributed by atoms with Gasteiger partial charge in [0.05, 0.1) is 22.0 Å². The molecule has 0 aromatic carbocycles. The summed E-state index contributed by atoms with van der Waals surface area (Å²) in [4.78, 5) is 19.1. The van der Waals surface area contributed by atoms with Crippen LogP contribution < -0.4 is 14.8 Å². The molecule has 0 saturated heterocycles. The van der Waals surface area contributed by atoms with Crippen LogP contribution in [0.15, 0.2) is 33.7 Å². The van der Waals surface area contributed by atoms with Gasteiger partial charge in [0.1, 0.15) is 0 Å². The summed E-state index contributed by atoms with van der Waals surface area (Å²) >= 11 is 5.62. The highest BCUT2D eigenvalue weighted by molar-refractivity contribution is 9.10. The Morgan fingerprint density at radius 1 is 1.00 bits per heavy atom. The van der Waals surface area contributed by atoms with Gasteiger partial charge in [-0.15, -0.1) is 0 Å². The van der Waals surface area contributed by atoms with Crippen molar-refractivity contribution >= 4 is 48.9 Å². The maximum absolute atomic E-state index is 12.6. The van der Waals surface area contributed by atoms with Crippen molar-refractivity contribution in [2.75, 3.05) is 12.4 Å². The SMILES string of the molecule is CNc1c[n+]([O-])c(Br)cc1[N+](=O)[O-].O=[N+]([O-])c1cc(Br)[n+]([O-])cc1F. The van der Waals surface area contributed by atoms with Gasteiger partial charge in [-0.25, -0.2) is 0 Å². The lowest BCUT2D eigenvalue weighted by Gasteiger charge is -2.03. The number of hydrogen-bond acceptors (Lipinski definition) is 7. The van der Waals surface area contributed by atoms with E-state index in [1.165, 1.54) is 7.05 Å². The van der Waals surface area contributed by atoms with Crippen molar-refractivity contribution in [2.24, 2.45) is 0 Å². The van der Waals surface area contributed by atoms with Gasteiger partial charge in [-0.1, -0.05) is 0 Å². The summed E-state index contributed by atoms with van der Waals surface area (Å²) < 4.78 is 13.3. The molecule has 14 heteroatoms. The summed E-state index contributed by atoms with van der Waals surface area (Å²) in [7, 11) is 1.51. The first kappa shape index (κ1) is 20.4. The van der Waals surface area contributed by atoms with E-state index in [4.69, 9.17) is 0 Å². The maximum atomic E-state index is 12.6. The van der Waals surface area contributed by atoms with E-state index >= 15 is 0 Å². The van der Waals surface area contributed by atoms with Crippen LogP contribution in [0.25, 0.3) is 0 Å². The monoisotopic (exact) mass is 483 g/mol. The number of halogens is 3. The average molecular weight is 485 g/mol. The number of nitrogens with one attached hydrogen (secondary N) is 1. The zero-order valence-electron chi connectivity index (χ0n) is 12.2. The third-order valence-corrected chi connectivity index (χ3v) is 3.75. The Morgan fingerprint density at radius 2 is 1.44 bits per heavy atom. The van der Waals surface area contributed by atoms with Crippen molar-refractivity contribution in [2.45, 2.75) is 0 Å². The molecule has 0 fully saturated rings. The third-order valence-electron chi connectivity index (χ3n) is 2.59. The second-order valence-electron chi connectivity index (χ2n) is 4.14. The van der Waals surface area contributed by atoms with Gasteiger partial charge in [0.15, 0.2) is 5.69 Å². The third kappa shape index (κ3) is 5.18. The number of aromatic nitrogens is 2. The lowest BCUT2D eigenvalue weighted by atomic mass is 10.3. The summed E-state index contributed by atoms with van der Waals surface area (Å²) in [5.74, 6) is -1.15. The minimum atomic E-state index is -1.15. The zero-order chi connectivity index (χ0) is 19.3. The molecule has 134 valence electrons. The Labute approximate surface area is 155 Å². The minimum absolute atomic E-state index is 0.101. The highest BCUT2D eigenvalue weighted by Crippen LogP contribution is 2.24. The smallest absolute Gasteiger partial charge is 0.318 e. The van der Waals surface area contributed by atoms with Gasteiger partial charge in [-0.2, -0.15) is 13.9 Å². The molecule has 2 rings (SSSR count). The molecule has 0 aliphatic carbocycles. The highest BCUT2D eigenvalue weighted by atomic mass is 79.9. The van der Waals surface area contributed by atoms with E-state index in [2.05, 4.69) is 37.2 Å². The fourth-order valence-corrected chi connectivity index (χ4v) is 2.10. The van der Waals surface area contributed by atoms with Crippen LogP contribution in [0.5, 0.6) is 0 Å². The predicted molar refractivity (Wildman–Crippen MR) is 89.0 cm³/mol. The van der Waals surface area contributed by atoms with Crippen molar-refractivity contribution in [3.8, 4) is 0 Å². The lowest BCUT2D eigenvalue weighted by molar-refractivity contribution is -0.619. The Hall–Kier alpha value is -2.61. The second-order valence-corrected chi connectivity index (χ2v) is 5.77. The molecule has 0 aliphatic rings. The van der Waals surface area contributed by atoms with Crippen LogP contribution >= 0.6 is 31.9 Å². The molecule has 2 aromatic rings. The number of hydrogen-bond donors (Lipinski definition) is 1. The van der Waals surface area contributed by atoms with Gasteiger partial charge in [0, 0.05) is 38.9 Å². The number of rotatable bonds is 3. The molecular weight excluding hydrogens is 477 g/mol. The molecule has 2 heterocycles. The number of anilines is 1. The molecule has 25 heavy (non-hydrogen) atoms. The molecule has 0 amide bonds. The lowest BCUT2D eigenvalue weighted by Crippen LogP contribution is -2.28. The molecule has 0 unspecified atom stereocenters. The Bertz CT molecular complexity index is 837. The summed E-state index contributed by atoms with van der Waals surface area (Å²) in [5, 5.41) is 44.8. The van der Waals surface area contributed by atoms with E-state index in [0.29, 0.717) is 10.9 Å². The highest BCUT2D eigenvalue weighted by Gasteiger charge is 2.20. The van der Waals surface area contributed by atoms with Crippen LogP contribution in [0.1, 0.15) is 0 Å². The van der Waals surface area contributed by atoms with Crippen LogP contribution in [0, 0.1) is 36.5 Å². The van der Waals surface area contributed by atoms with E-state index in [1.54, 1.807) is 0 Å². The quantitative estimate of drug-likeness (QED) is 0.230. The van der Waals surface area contributed by atoms with Crippen molar-refractivity contribution in [3.05, 3.63) is 70.2 Å². The first-order valence-electron chi connectivity index (χ1n) is 6.06. The van der Waals surface area contributed by atoms with Gasteiger partial charge in [0.2, 0.25) is 12.4 Å². The van der Waals surface area contributed by atoms with Crippen molar-refractivity contribution in [1.82, 2.24) is 0 Å². The minimum Gasteiger partial charge on any atom is -0.618 e. The molecule has 2 aromatic heterocycles. The molecule has 0 saturated carbocycles. The Morgan fingerprint density at radius 3 is 1.88 bits per heavy atom. The molecule has 0 radical (unpaired) electrons. The van der Waals surface area contributed by atoms with E-state index in [9.17, 15) is 35.0 Å². The average Bonchev–Trinajstić information content (AvgIpc) is 2.53. The molecule has 1 N–H and O–H groups in total. The van der Waals surface area contributed by atoms with Crippen molar-refractivity contribution < 1.29 is 23.7 Å². The number of pyridine rings is 2. The Kier molecular flexibility index (Phi) is 6.93. The summed E-state index contributed by atoms with van der Waals surface area (Å²) in [6, 6.07) is 1.96. The topological polar surface area (TPSA) is 152 Å². The van der Waals surface area contributed by atoms with Gasteiger partial charge in [-0.3, -0.25) is 20.2 Å². The van der Waals surface area contributed by atoms with E-state index < -0.39 is 21.4 Å². The molecule has 0 aliphatic heterocycles. The molecule has 0 spiro atoms. The first-order chi connectivity index (χ1) is 11.6. The van der Waals surface area contributed by atoms with Crippen LogP contribution in [-0.4, -0.2) is 16.9 Å². The second kappa shape index (κ2) is 8.48. The molecular formula is C11H8Br2FN5O6. The van der Waals surface area contributed by atoms with Crippen LogP contribution in [0.4, 0.5) is 21.5 Å². The summed E-state index contributed by atoms with van der Waals surface area (Å²) in [6.07, 6.45) is 1.59. The largest absolute Gasteiger partial charge is 0.618 e. The van der Waals surface area contributed by atoms with Crippen molar-refractivity contribution in [3.63, 3.8) is 0 Å². The molecule has 0 atom stereocenters. The van der Waals surface area contributed by atoms with Gasteiger partial charge in [0.25, 0.3) is 15.0 Å². The van der Waals surface area contributed by atoms with Crippen LogP contribution in [0.3, 0.4) is 0 Å². The summed E-state index contributed by atoms with van der Waals surface area (Å²) in [5.41, 5.74) is -0.682. The fraction of sp³-hybridized carbons (Fsp3) is 0.0909. The Balaban J connectivity index is 0.000000251. The number of nitro groups is 2. The fourth-order valence-electron chi connectivity index (χ4n) is 1.46. The number of nitrogens with zero attached hydrogens (tertiary/aromatic N) is 4. The van der Waals surface area contributed by atoms with Crippen molar-refractivity contribution in [1.29, 1.82) is 0 Å². The van der Waals surface area contributed by atoms with Gasteiger partial charge >= 0.3 is 11.4 Å². The van der Waals surface area contributed by atoms with Gasteiger partial charge in [-0.05, 0) is 0 Å². The van der Waals surface area contributed by atoms with E-state index in [1.807, 2.05) is 0 Å². The summed E-state index contributed by atoms with van der Waals surface area (Å²) in [6.45, 7) is 0.